The van der Waals surface area contributed by atoms with Crippen molar-refractivity contribution in [1.82, 2.24) is 9.88 Å². The highest BCUT2D eigenvalue weighted by Crippen LogP contribution is 2.21. The molecule has 1 unspecified atom stereocenters. The summed E-state index contributed by atoms with van der Waals surface area (Å²) in [5.74, 6) is 0.711. The van der Waals surface area contributed by atoms with Crippen LogP contribution in [-0.2, 0) is 14.3 Å². The number of nitrogens with zero attached hydrogens (tertiary/aromatic N) is 2. The molecule has 0 saturated carbocycles. The molecular formula is C12H20Cl2N2O4S. The van der Waals surface area contributed by atoms with E-state index in [-0.39, 0.29) is 37.0 Å². The highest BCUT2D eigenvalue weighted by Gasteiger charge is 2.32. The number of hydrogen-bond acceptors (Lipinski definition) is 6. The van der Waals surface area contributed by atoms with E-state index < -0.39 is 10.1 Å². The molecule has 2 atom stereocenters. The molecular weight excluding hydrogens is 339 g/mol. The Bertz CT molecular complexity index is 515. The maximum absolute atomic E-state index is 11.1. The van der Waals surface area contributed by atoms with Gasteiger partial charge in [-0.2, -0.15) is 8.42 Å². The smallest absolute Gasteiger partial charge is 0.264 e. The van der Waals surface area contributed by atoms with Gasteiger partial charge in [0.2, 0.25) is 0 Å². The van der Waals surface area contributed by atoms with E-state index in [0.717, 1.165) is 6.26 Å². The van der Waals surface area contributed by atoms with Gasteiger partial charge in [-0.1, -0.05) is 0 Å². The average Bonchev–Trinajstić information content (AvgIpc) is 2.66. The first kappa shape index (κ1) is 20.4. The molecule has 9 heteroatoms. The maximum Gasteiger partial charge on any atom is 0.264 e. The highest BCUT2D eigenvalue weighted by molar-refractivity contribution is 7.86. The van der Waals surface area contributed by atoms with Crippen LogP contribution in [0.5, 0.6) is 5.75 Å². The number of ether oxygens (including phenoxy) is 1. The molecule has 6 nitrogen and oxygen atoms in total. The Morgan fingerprint density at radius 2 is 2.14 bits per heavy atom. The number of rotatable bonds is 5. The van der Waals surface area contributed by atoms with Gasteiger partial charge >= 0.3 is 0 Å². The van der Waals surface area contributed by atoms with Crippen molar-refractivity contribution in [2.24, 2.45) is 0 Å². The fraction of sp³-hybridized carbons (Fsp3) is 0.583. The van der Waals surface area contributed by atoms with Crippen LogP contribution < -0.4 is 4.74 Å². The number of pyridine rings is 1. The molecule has 0 aliphatic carbocycles. The van der Waals surface area contributed by atoms with Gasteiger partial charge in [0.1, 0.15) is 12.4 Å². The molecule has 1 aromatic heterocycles. The number of likely N-dealkylation sites (N-methyl/N-ethyl adjacent to an activating group) is 1. The molecule has 1 aliphatic rings. The molecule has 0 aromatic carbocycles. The second kappa shape index (κ2) is 8.75. The van der Waals surface area contributed by atoms with Gasteiger partial charge in [-0.3, -0.25) is 14.1 Å². The number of likely N-dealkylation sites (tertiary alicyclic amines) is 1. The lowest BCUT2D eigenvalue weighted by Gasteiger charge is -2.18. The Morgan fingerprint density at radius 1 is 1.43 bits per heavy atom. The van der Waals surface area contributed by atoms with Crippen LogP contribution >= 0.6 is 24.8 Å². The van der Waals surface area contributed by atoms with Gasteiger partial charge in [-0.15, -0.1) is 24.8 Å². The van der Waals surface area contributed by atoms with E-state index in [1.54, 1.807) is 12.4 Å². The minimum atomic E-state index is -3.40. The van der Waals surface area contributed by atoms with Crippen LogP contribution in [0.3, 0.4) is 0 Å². The summed E-state index contributed by atoms with van der Waals surface area (Å²) in [5, 5.41) is 0. The molecule has 122 valence electrons. The quantitative estimate of drug-likeness (QED) is 0.740. The minimum Gasteiger partial charge on any atom is -0.490 e. The monoisotopic (exact) mass is 358 g/mol. The Hall–Kier alpha value is -0.600. The van der Waals surface area contributed by atoms with Gasteiger partial charge in [-0.05, 0) is 25.6 Å². The summed E-state index contributed by atoms with van der Waals surface area (Å²) in [6.45, 7) is 1.08. The Morgan fingerprint density at radius 3 is 2.71 bits per heavy atom. The normalized spacial score (nSPS) is 22.2. The van der Waals surface area contributed by atoms with E-state index in [4.69, 9.17) is 8.92 Å². The van der Waals surface area contributed by atoms with E-state index >= 15 is 0 Å². The zero-order valence-electron chi connectivity index (χ0n) is 11.8. The zero-order chi connectivity index (χ0) is 13.9. The first-order valence-corrected chi connectivity index (χ1v) is 7.87. The fourth-order valence-corrected chi connectivity index (χ4v) is 2.80. The lowest BCUT2D eigenvalue weighted by atomic mass is 10.2. The number of hydrogen-bond donors (Lipinski definition) is 0. The summed E-state index contributed by atoms with van der Waals surface area (Å²) >= 11 is 0. The summed E-state index contributed by atoms with van der Waals surface area (Å²) in [4.78, 5) is 6.02. The molecule has 0 spiro atoms. The van der Waals surface area contributed by atoms with E-state index in [1.165, 1.54) is 0 Å². The molecule has 2 rings (SSSR count). The maximum atomic E-state index is 11.1. The van der Waals surface area contributed by atoms with Crippen LogP contribution in [0.25, 0.3) is 0 Å². The van der Waals surface area contributed by atoms with Crippen LogP contribution in [0.2, 0.25) is 0 Å². The zero-order valence-corrected chi connectivity index (χ0v) is 14.3. The number of aromatic nitrogens is 1. The van der Waals surface area contributed by atoms with Gasteiger partial charge in [0, 0.05) is 18.8 Å². The van der Waals surface area contributed by atoms with Crippen molar-refractivity contribution in [3.05, 3.63) is 24.5 Å². The molecule has 0 bridgehead atoms. The number of halogens is 2. The molecule has 1 fully saturated rings. The summed E-state index contributed by atoms with van der Waals surface area (Å²) < 4.78 is 32.8. The molecule has 1 saturated heterocycles. The molecule has 1 aromatic rings. The molecule has 0 N–H and O–H groups in total. The van der Waals surface area contributed by atoms with Gasteiger partial charge in [0.15, 0.2) is 0 Å². The van der Waals surface area contributed by atoms with Crippen molar-refractivity contribution >= 4 is 34.9 Å². The lowest BCUT2D eigenvalue weighted by Crippen LogP contribution is -2.30. The standard InChI is InChI=1S/C12H18N2O4S.2ClH/c1-14-8-12(18-19(2,15)16)6-10(14)9-17-11-4-3-5-13-7-11;;/h3-5,7,10,12H,6,8-9H2,1-2H3;2*1H/t10?,12-;;/m0../s1. The SMILES string of the molecule is CN1C[C@@H](OS(C)(=O)=O)CC1COc1cccnc1.Cl.Cl. The average molecular weight is 359 g/mol. The molecule has 1 aliphatic heterocycles. The van der Waals surface area contributed by atoms with Gasteiger partial charge in [-0.25, -0.2) is 0 Å². The third-order valence-corrected chi connectivity index (χ3v) is 3.66. The first-order chi connectivity index (χ1) is 8.94. The Labute approximate surface area is 137 Å². The van der Waals surface area contributed by atoms with Crippen molar-refractivity contribution in [3.63, 3.8) is 0 Å². The summed E-state index contributed by atoms with van der Waals surface area (Å²) in [6.07, 6.45) is 4.77. The van der Waals surface area contributed by atoms with Crippen LogP contribution in [0.1, 0.15) is 6.42 Å². The molecule has 2 heterocycles. The predicted octanol–water partition coefficient (Wildman–Crippen LogP) is 1.35. The predicted molar refractivity (Wildman–Crippen MR) is 85.0 cm³/mol. The van der Waals surface area contributed by atoms with Crippen LogP contribution in [0.15, 0.2) is 24.5 Å². The van der Waals surface area contributed by atoms with E-state index in [2.05, 4.69) is 4.98 Å². The van der Waals surface area contributed by atoms with Crippen molar-refractivity contribution < 1.29 is 17.3 Å². The van der Waals surface area contributed by atoms with Gasteiger partial charge in [0.25, 0.3) is 10.1 Å². The Balaban J connectivity index is 0.00000200. The highest BCUT2D eigenvalue weighted by atomic mass is 35.5. The van der Waals surface area contributed by atoms with Crippen molar-refractivity contribution in [3.8, 4) is 5.75 Å². The van der Waals surface area contributed by atoms with Gasteiger partial charge in [0.05, 0.1) is 18.6 Å². The van der Waals surface area contributed by atoms with Crippen molar-refractivity contribution in [2.75, 3.05) is 26.5 Å². The molecule has 0 radical (unpaired) electrons. The summed E-state index contributed by atoms with van der Waals surface area (Å²) in [6, 6.07) is 3.79. The second-order valence-corrected chi connectivity index (χ2v) is 6.35. The lowest BCUT2D eigenvalue weighted by molar-refractivity contribution is 0.197. The molecule has 0 amide bonds. The summed E-state index contributed by atoms with van der Waals surface area (Å²) in [5.41, 5.74) is 0. The van der Waals surface area contributed by atoms with E-state index in [0.29, 0.717) is 25.3 Å². The second-order valence-electron chi connectivity index (χ2n) is 4.75. The van der Waals surface area contributed by atoms with Crippen molar-refractivity contribution in [1.29, 1.82) is 0 Å². The van der Waals surface area contributed by atoms with Crippen LogP contribution in [0.4, 0.5) is 0 Å². The van der Waals surface area contributed by atoms with Gasteiger partial charge < -0.3 is 4.74 Å². The third-order valence-electron chi connectivity index (χ3n) is 3.04. The van der Waals surface area contributed by atoms with Crippen LogP contribution in [0, 0.1) is 0 Å². The topological polar surface area (TPSA) is 68.7 Å². The largest absolute Gasteiger partial charge is 0.490 e. The van der Waals surface area contributed by atoms with Crippen molar-refractivity contribution in [2.45, 2.75) is 18.6 Å². The summed E-state index contributed by atoms with van der Waals surface area (Å²) in [7, 11) is -1.47. The first-order valence-electron chi connectivity index (χ1n) is 6.05. The third kappa shape index (κ3) is 6.80. The molecule has 21 heavy (non-hydrogen) atoms. The van der Waals surface area contributed by atoms with E-state index in [1.807, 2.05) is 24.1 Å². The Kier molecular flexibility index (Phi) is 8.50. The minimum absolute atomic E-state index is 0. The van der Waals surface area contributed by atoms with Crippen LogP contribution in [-0.4, -0.2) is 56.9 Å². The fourth-order valence-electron chi connectivity index (χ4n) is 2.17. The van der Waals surface area contributed by atoms with E-state index in [9.17, 15) is 8.42 Å².